The highest BCUT2D eigenvalue weighted by atomic mass is 35.5. The zero-order chi connectivity index (χ0) is 18.9. The SMILES string of the molecule is CCOc1ccc(CNCCNc2ccc([N+](=O)[O-])cc2Cl)cc1OC.Cl. The smallest absolute Gasteiger partial charge is 0.271 e. The highest BCUT2D eigenvalue weighted by molar-refractivity contribution is 6.33. The van der Waals surface area contributed by atoms with E-state index in [4.69, 9.17) is 21.1 Å². The molecule has 0 spiro atoms. The summed E-state index contributed by atoms with van der Waals surface area (Å²) in [5.41, 5.74) is 1.73. The molecule has 0 radical (unpaired) electrons. The predicted octanol–water partition coefficient (Wildman–Crippen LogP) is 4.28. The largest absolute Gasteiger partial charge is 0.493 e. The first-order valence-electron chi connectivity index (χ1n) is 8.23. The van der Waals surface area contributed by atoms with E-state index in [2.05, 4.69) is 10.6 Å². The first kappa shape index (κ1) is 22.8. The average Bonchev–Trinajstić information content (AvgIpc) is 2.63. The fraction of sp³-hybridized carbons (Fsp3) is 0.333. The van der Waals surface area contributed by atoms with E-state index < -0.39 is 4.92 Å². The number of hydrogen-bond donors (Lipinski definition) is 2. The monoisotopic (exact) mass is 415 g/mol. The van der Waals surface area contributed by atoms with Crippen molar-refractivity contribution in [3.05, 3.63) is 57.1 Å². The van der Waals surface area contributed by atoms with Gasteiger partial charge >= 0.3 is 0 Å². The number of nitro benzene ring substituents is 1. The molecule has 0 aliphatic heterocycles. The first-order chi connectivity index (χ1) is 12.5. The summed E-state index contributed by atoms with van der Waals surface area (Å²) in [5, 5.41) is 17.5. The van der Waals surface area contributed by atoms with Crippen LogP contribution in [-0.2, 0) is 6.54 Å². The Morgan fingerprint density at radius 1 is 1.15 bits per heavy atom. The van der Waals surface area contributed by atoms with Gasteiger partial charge in [0.1, 0.15) is 0 Å². The summed E-state index contributed by atoms with van der Waals surface area (Å²) in [5.74, 6) is 1.44. The Bertz CT molecular complexity index is 759. The van der Waals surface area contributed by atoms with E-state index in [-0.39, 0.29) is 18.1 Å². The summed E-state index contributed by atoms with van der Waals surface area (Å²) in [6, 6.07) is 10.2. The number of nitrogens with one attached hydrogen (secondary N) is 2. The summed E-state index contributed by atoms with van der Waals surface area (Å²) in [6.45, 7) is 4.52. The van der Waals surface area contributed by atoms with Crippen LogP contribution < -0.4 is 20.1 Å². The van der Waals surface area contributed by atoms with Crippen LogP contribution in [0.4, 0.5) is 11.4 Å². The number of benzene rings is 2. The van der Waals surface area contributed by atoms with Gasteiger partial charge in [-0.1, -0.05) is 17.7 Å². The van der Waals surface area contributed by atoms with Crippen molar-refractivity contribution in [1.82, 2.24) is 5.32 Å². The molecule has 0 aliphatic carbocycles. The van der Waals surface area contributed by atoms with Gasteiger partial charge in [0.2, 0.25) is 0 Å². The minimum Gasteiger partial charge on any atom is -0.493 e. The van der Waals surface area contributed by atoms with Crippen LogP contribution in [0.3, 0.4) is 0 Å². The van der Waals surface area contributed by atoms with Gasteiger partial charge in [0.25, 0.3) is 5.69 Å². The molecule has 0 bridgehead atoms. The summed E-state index contributed by atoms with van der Waals surface area (Å²) >= 11 is 6.04. The van der Waals surface area contributed by atoms with Crippen molar-refractivity contribution >= 4 is 35.4 Å². The van der Waals surface area contributed by atoms with Crippen LogP contribution in [0.2, 0.25) is 5.02 Å². The lowest BCUT2D eigenvalue weighted by atomic mass is 10.2. The second kappa shape index (κ2) is 11.5. The Morgan fingerprint density at radius 2 is 1.93 bits per heavy atom. The van der Waals surface area contributed by atoms with Crippen LogP contribution in [0.15, 0.2) is 36.4 Å². The Hall–Kier alpha value is -2.22. The molecule has 0 saturated carbocycles. The molecule has 0 fully saturated rings. The number of non-ortho nitro benzene ring substituents is 1. The number of nitro groups is 1. The van der Waals surface area contributed by atoms with Crippen LogP contribution in [0.25, 0.3) is 0 Å². The third-order valence-electron chi connectivity index (χ3n) is 3.64. The van der Waals surface area contributed by atoms with Crippen molar-refractivity contribution in [2.24, 2.45) is 0 Å². The van der Waals surface area contributed by atoms with Gasteiger partial charge in [-0.3, -0.25) is 10.1 Å². The number of ether oxygens (including phenoxy) is 2. The summed E-state index contributed by atoms with van der Waals surface area (Å²) in [4.78, 5) is 10.2. The quantitative estimate of drug-likeness (QED) is 0.342. The Balaban J connectivity index is 0.00000364. The van der Waals surface area contributed by atoms with E-state index >= 15 is 0 Å². The van der Waals surface area contributed by atoms with E-state index in [0.29, 0.717) is 42.7 Å². The Kier molecular flexibility index (Phi) is 9.71. The number of hydrogen-bond acceptors (Lipinski definition) is 6. The predicted molar refractivity (Wildman–Crippen MR) is 110 cm³/mol. The highest BCUT2D eigenvalue weighted by Crippen LogP contribution is 2.28. The lowest BCUT2D eigenvalue weighted by Crippen LogP contribution is -2.21. The maximum atomic E-state index is 10.7. The standard InChI is InChI=1S/C18H22ClN3O4.ClH/c1-3-26-17-7-4-13(10-18(17)25-2)12-20-8-9-21-16-6-5-14(22(23)24)11-15(16)19;/h4-7,10-11,20-21H,3,8-9,12H2,1-2H3;1H. The molecule has 7 nitrogen and oxygen atoms in total. The number of methoxy groups -OCH3 is 1. The van der Waals surface area contributed by atoms with Gasteiger partial charge in [0.15, 0.2) is 11.5 Å². The summed E-state index contributed by atoms with van der Waals surface area (Å²) < 4.78 is 10.8. The normalized spacial score (nSPS) is 10.0. The zero-order valence-electron chi connectivity index (χ0n) is 15.2. The Labute approximate surface area is 169 Å². The van der Waals surface area contributed by atoms with Gasteiger partial charge in [-0.2, -0.15) is 0 Å². The number of nitrogens with zero attached hydrogens (tertiary/aromatic N) is 1. The molecule has 0 heterocycles. The van der Waals surface area contributed by atoms with Crippen molar-refractivity contribution in [3.63, 3.8) is 0 Å². The zero-order valence-corrected chi connectivity index (χ0v) is 16.7. The van der Waals surface area contributed by atoms with Gasteiger partial charge in [-0.25, -0.2) is 0 Å². The van der Waals surface area contributed by atoms with Gasteiger partial charge in [0, 0.05) is 31.8 Å². The van der Waals surface area contributed by atoms with E-state index in [1.54, 1.807) is 13.2 Å². The van der Waals surface area contributed by atoms with Crippen LogP contribution in [-0.4, -0.2) is 31.7 Å². The van der Waals surface area contributed by atoms with Crippen LogP contribution >= 0.6 is 24.0 Å². The van der Waals surface area contributed by atoms with Crippen molar-refractivity contribution in [3.8, 4) is 11.5 Å². The molecule has 148 valence electrons. The maximum absolute atomic E-state index is 10.7. The minimum atomic E-state index is -0.470. The second-order valence-corrected chi connectivity index (χ2v) is 5.85. The van der Waals surface area contributed by atoms with Crippen molar-refractivity contribution < 1.29 is 14.4 Å². The van der Waals surface area contributed by atoms with E-state index in [1.807, 2.05) is 25.1 Å². The molecular weight excluding hydrogens is 393 g/mol. The molecule has 9 heteroatoms. The van der Waals surface area contributed by atoms with Crippen molar-refractivity contribution in [2.75, 3.05) is 32.1 Å². The van der Waals surface area contributed by atoms with Gasteiger partial charge in [-0.15, -0.1) is 12.4 Å². The van der Waals surface area contributed by atoms with E-state index in [1.165, 1.54) is 12.1 Å². The van der Waals surface area contributed by atoms with Crippen LogP contribution in [0.5, 0.6) is 11.5 Å². The fourth-order valence-corrected chi connectivity index (χ4v) is 2.62. The summed E-state index contributed by atoms with van der Waals surface area (Å²) in [7, 11) is 1.62. The van der Waals surface area contributed by atoms with Gasteiger partial charge < -0.3 is 20.1 Å². The third kappa shape index (κ3) is 6.78. The van der Waals surface area contributed by atoms with E-state index in [9.17, 15) is 10.1 Å². The highest BCUT2D eigenvalue weighted by Gasteiger charge is 2.09. The molecule has 27 heavy (non-hydrogen) atoms. The number of rotatable bonds is 10. The molecule has 2 aromatic carbocycles. The van der Waals surface area contributed by atoms with Gasteiger partial charge in [0.05, 0.1) is 29.4 Å². The van der Waals surface area contributed by atoms with Crippen molar-refractivity contribution in [2.45, 2.75) is 13.5 Å². The van der Waals surface area contributed by atoms with Crippen LogP contribution in [0.1, 0.15) is 12.5 Å². The molecular formula is C18H23Cl2N3O4. The number of halogens is 2. The van der Waals surface area contributed by atoms with E-state index in [0.717, 1.165) is 11.3 Å². The fourth-order valence-electron chi connectivity index (χ4n) is 2.38. The molecule has 0 aliphatic rings. The maximum Gasteiger partial charge on any atom is 0.271 e. The third-order valence-corrected chi connectivity index (χ3v) is 3.95. The van der Waals surface area contributed by atoms with Gasteiger partial charge in [-0.05, 0) is 30.7 Å². The first-order valence-corrected chi connectivity index (χ1v) is 8.61. The molecule has 0 amide bonds. The molecule has 0 aromatic heterocycles. The van der Waals surface area contributed by atoms with Crippen molar-refractivity contribution in [1.29, 1.82) is 0 Å². The molecule has 0 unspecified atom stereocenters. The molecule has 0 atom stereocenters. The van der Waals surface area contributed by atoms with Crippen LogP contribution in [0, 0.1) is 10.1 Å². The number of anilines is 1. The molecule has 2 rings (SSSR count). The average molecular weight is 416 g/mol. The lowest BCUT2D eigenvalue weighted by molar-refractivity contribution is -0.384. The summed E-state index contributed by atoms with van der Waals surface area (Å²) in [6.07, 6.45) is 0. The molecule has 2 aromatic rings. The minimum absolute atomic E-state index is 0. The second-order valence-electron chi connectivity index (χ2n) is 5.44. The topological polar surface area (TPSA) is 85.7 Å². The molecule has 0 saturated heterocycles. The Morgan fingerprint density at radius 3 is 2.56 bits per heavy atom. The molecule has 2 N–H and O–H groups in total. The lowest BCUT2D eigenvalue weighted by Gasteiger charge is -2.12.